The lowest BCUT2D eigenvalue weighted by Gasteiger charge is -2.35. The largest absolute Gasteiger partial charge is 0.390 e. The van der Waals surface area contributed by atoms with Crippen LogP contribution in [0.15, 0.2) is 0 Å². The molecule has 0 aromatic rings. The molecule has 3 heteroatoms. The zero-order valence-corrected chi connectivity index (χ0v) is 7.55. The van der Waals surface area contributed by atoms with Crippen molar-refractivity contribution in [3.05, 3.63) is 0 Å². The highest BCUT2D eigenvalue weighted by atomic mass is 16.5. The summed E-state index contributed by atoms with van der Waals surface area (Å²) in [5, 5.41) is 13.2. The van der Waals surface area contributed by atoms with E-state index in [2.05, 4.69) is 5.32 Å². The molecule has 2 rings (SSSR count). The summed E-state index contributed by atoms with van der Waals surface area (Å²) in [4.78, 5) is 0. The summed E-state index contributed by atoms with van der Waals surface area (Å²) in [5.74, 6) is 0. The third kappa shape index (κ3) is 1.16. The summed E-state index contributed by atoms with van der Waals surface area (Å²) in [5.41, 5.74) is 0.0741. The summed E-state index contributed by atoms with van der Waals surface area (Å²) in [6, 6.07) is 0. The third-order valence-corrected chi connectivity index (χ3v) is 3.31. The monoisotopic (exact) mass is 171 g/mol. The van der Waals surface area contributed by atoms with Crippen LogP contribution in [0, 0.1) is 5.41 Å². The first-order chi connectivity index (χ1) is 5.75. The Bertz CT molecular complexity index is 160. The lowest BCUT2D eigenvalue weighted by atomic mass is 9.75. The van der Waals surface area contributed by atoms with E-state index in [0.717, 1.165) is 32.5 Å². The molecule has 1 spiro atoms. The van der Waals surface area contributed by atoms with Gasteiger partial charge in [0.15, 0.2) is 0 Å². The van der Waals surface area contributed by atoms with Gasteiger partial charge in [-0.25, -0.2) is 0 Å². The van der Waals surface area contributed by atoms with Crippen LogP contribution in [0.1, 0.15) is 19.8 Å². The third-order valence-electron chi connectivity index (χ3n) is 3.31. The molecule has 0 bridgehead atoms. The Balaban J connectivity index is 2.09. The summed E-state index contributed by atoms with van der Waals surface area (Å²) >= 11 is 0. The molecule has 2 aliphatic heterocycles. The van der Waals surface area contributed by atoms with Crippen molar-refractivity contribution < 1.29 is 9.84 Å². The average molecular weight is 171 g/mol. The molecule has 3 nitrogen and oxygen atoms in total. The van der Waals surface area contributed by atoms with Crippen LogP contribution >= 0.6 is 0 Å². The van der Waals surface area contributed by atoms with Gasteiger partial charge in [-0.3, -0.25) is 0 Å². The van der Waals surface area contributed by atoms with Crippen molar-refractivity contribution in [1.29, 1.82) is 0 Å². The average Bonchev–Trinajstić information content (AvgIpc) is 2.37. The second kappa shape index (κ2) is 2.98. The van der Waals surface area contributed by atoms with E-state index in [0.29, 0.717) is 0 Å². The molecule has 0 aromatic carbocycles. The first-order valence-electron chi connectivity index (χ1n) is 4.75. The fourth-order valence-corrected chi connectivity index (χ4v) is 2.34. The first kappa shape index (κ1) is 8.48. The highest BCUT2D eigenvalue weighted by Gasteiger charge is 2.47. The minimum absolute atomic E-state index is 0.0306. The van der Waals surface area contributed by atoms with E-state index >= 15 is 0 Å². The first-order valence-corrected chi connectivity index (χ1v) is 4.75. The van der Waals surface area contributed by atoms with E-state index in [1.54, 1.807) is 0 Å². The summed E-state index contributed by atoms with van der Waals surface area (Å²) in [6.07, 6.45) is 1.89. The maximum atomic E-state index is 9.92. The summed E-state index contributed by atoms with van der Waals surface area (Å²) in [7, 11) is 0. The van der Waals surface area contributed by atoms with Crippen LogP contribution in [0.3, 0.4) is 0 Å². The van der Waals surface area contributed by atoms with E-state index in [4.69, 9.17) is 4.74 Å². The molecule has 12 heavy (non-hydrogen) atoms. The molecule has 0 saturated carbocycles. The van der Waals surface area contributed by atoms with Crippen LogP contribution in [-0.2, 0) is 4.74 Å². The van der Waals surface area contributed by atoms with Crippen molar-refractivity contribution in [2.24, 2.45) is 5.41 Å². The van der Waals surface area contributed by atoms with Crippen molar-refractivity contribution in [2.45, 2.75) is 32.0 Å². The van der Waals surface area contributed by atoms with E-state index in [-0.39, 0.29) is 17.6 Å². The van der Waals surface area contributed by atoms with Gasteiger partial charge in [0, 0.05) is 5.41 Å². The Kier molecular flexibility index (Phi) is 2.10. The van der Waals surface area contributed by atoms with Gasteiger partial charge in [-0.15, -0.1) is 0 Å². The molecule has 2 atom stereocenters. The second-order valence-corrected chi connectivity index (χ2v) is 4.07. The van der Waals surface area contributed by atoms with Gasteiger partial charge < -0.3 is 15.2 Å². The summed E-state index contributed by atoms with van der Waals surface area (Å²) < 4.78 is 5.48. The van der Waals surface area contributed by atoms with Crippen LogP contribution in [0.4, 0.5) is 0 Å². The van der Waals surface area contributed by atoms with E-state index in [1.807, 2.05) is 6.92 Å². The van der Waals surface area contributed by atoms with Crippen molar-refractivity contribution in [2.75, 3.05) is 19.7 Å². The topological polar surface area (TPSA) is 41.5 Å². The maximum Gasteiger partial charge on any atom is 0.0878 e. The number of piperidine rings is 1. The van der Waals surface area contributed by atoms with Gasteiger partial charge in [0.25, 0.3) is 0 Å². The van der Waals surface area contributed by atoms with E-state index in [1.165, 1.54) is 0 Å². The summed E-state index contributed by atoms with van der Waals surface area (Å²) in [6.45, 7) is 4.75. The molecule has 0 amide bonds. The molecule has 0 unspecified atom stereocenters. The number of ether oxygens (including phenoxy) is 1. The minimum Gasteiger partial charge on any atom is -0.390 e. The van der Waals surface area contributed by atoms with Crippen molar-refractivity contribution in [1.82, 2.24) is 5.32 Å². The van der Waals surface area contributed by atoms with Crippen LogP contribution in [0.25, 0.3) is 0 Å². The number of aliphatic hydroxyl groups is 1. The van der Waals surface area contributed by atoms with Crippen LogP contribution in [0.5, 0.6) is 0 Å². The predicted octanol–water partition coefficient (Wildman–Crippen LogP) is 0.136. The Morgan fingerprint density at radius 1 is 1.42 bits per heavy atom. The van der Waals surface area contributed by atoms with Gasteiger partial charge in [0.1, 0.15) is 0 Å². The predicted molar refractivity (Wildman–Crippen MR) is 46.0 cm³/mol. The molecule has 70 valence electrons. The number of nitrogens with one attached hydrogen (secondary N) is 1. The molecule has 0 aromatic heterocycles. The molecular formula is C9H17NO2. The smallest absolute Gasteiger partial charge is 0.0878 e. The van der Waals surface area contributed by atoms with Crippen LogP contribution in [-0.4, -0.2) is 37.0 Å². The normalized spacial score (nSPS) is 40.5. The van der Waals surface area contributed by atoms with E-state index in [9.17, 15) is 5.11 Å². The van der Waals surface area contributed by atoms with Gasteiger partial charge in [0.2, 0.25) is 0 Å². The number of aliphatic hydroxyl groups excluding tert-OH is 1. The lowest BCUT2D eigenvalue weighted by molar-refractivity contribution is 0.0222. The molecule has 2 saturated heterocycles. The highest BCUT2D eigenvalue weighted by Crippen LogP contribution is 2.40. The Labute approximate surface area is 73.1 Å². The zero-order valence-electron chi connectivity index (χ0n) is 7.55. The van der Waals surface area contributed by atoms with E-state index < -0.39 is 0 Å². The molecule has 2 aliphatic rings. The maximum absolute atomic E-state index is 9.92. The standard InChI is InChI=1S/C9H17NO2/c1-7-8(11)9(6-12-7)2-4-10-5-3-9/h7-8,10-11H,2-6H2,1H3/t7-,8+/m0/s1. The van der Waals surface area contributed by atoms with Crippen molar-refractivity contribution >= 4 is 0 Å². The molecule has 2 fully saturated rings. The van der Waals surface area contributed by atoms with Gasteiger partial charge >= 0.3 is 0 Å². The van der Waals surface area contributed by atoms with Gasteiger partial charge in [-0.05, 0) is 32.9 Å². The van der Waals surface area contributed by atoms with Gasteiger partial charge in [-0.1, -0.05) is 0 Å². The minimum atomic E-state index is -0.250. The van der Waals surface area contributed by atoms with Crippen LogP contribution < -0.4 is 5.32 Å². The molecule has 2 heterocycles. The number of hydrogen-bond acceptors (Lipinski definition) is 3. The number of rotatable bonds is 0. The second-order valence-electron chi connectivity index (χ2n) is 4.07. The molecule has 0 radical (unpaired) electrons. The SMILES string of the molecule is C[C@@H]1OCC2(CCNCC2)[C@@H]1O. The van der Waals surface area contributed by atoms with Crippen molar-refractivity contribution in [3.63, 3.8) is 0 Å². The Morgan fingerprint density at radius 3 is 2.58 bits per heavy atom. The van der Waals surface area contributed by atoms with Crippen molar-refractivity contribution in [3.8, 4) is 0 Å². The lowest BCUT2D eigenvalue weighted by Crippen LogP contribution is -2.45. The quantitative estimate of drug-likeness (QED) is 0.544. The van der Waals surface area contributed by atoms with Gasteiger partial charge in [-0.2, -0.15) is 0 Å². The molecular weight excluding hydrogens is 154 g/mol. The zero-order chi connectivity index (χ0) is 8.60. The molecule has 0 aliphatic carbocycles. The fourth-order valence-electron chi connectivity index (χ4n) is 2.34. The Morgan fingerprint density at radius 2 is 2.08 bits per heavy atom. The Hall–Kier alpha value is -0.120. The highest BCUT2D eigenvalue weighted by molar-refractivity contribution is 4.97. The van der Waals surface area contributed by atoms with Gasteiger partial charge in [0.05, 0.1) is 18.8 Å². The molecule has 2 N–H and O–H groups in total. The van der Waals surface area contributed by atoms with Crippen LogP contribution in [0.2, 0.25) is 0 Å². The number of hydrogen-bond donors (Lipinski definition) is 2. The fraction of sp³-hybridized carbons (Fsp3) is 1.00.